The van der Waals surface area contributed by atoms with E-state index in [1.165, 1.54) is 12.1 Å². The summed E-state index contributed by atoms with van der Waals surface area (Å²) in [6, 6.07) is 22.5. The van der Waals surface area contributed by atoms with E-state index in [0.717, 1.165) is 22.5 Å². The van der Waals surface area contributed by atoms with Crippen LogP contribution in [0.25, 0.3) is 10.9 Å². The average molecular weight is 436 g/mol. The highest BCUT2D eigenvalue weighted by Crippen LogP contribution is 2.41. The van der Waals surface area contributed by atoms with Crippen molar-refractivity contribution in [1.29, 1.82) is 0 Å². The van der Waals surface area contributed by atoms with Gasteiger partial charge in [-0.3, -0.25) is 4.79 Å². The number of aryl methyl sites for hydroxylation is 1. The number of rotatable bonds is 6. The maximum absolute atomic E-state index is 13.8. The fourth-order valence-electron chi connectivity index (χ4n) is 4.15. The SMILES string of the molecule is Cn1cc(C(CC(=O)NCc2ccccc2)c2ccccc2C(F)(F)F)c2ccccc21. The van der Waals surface area contributed by atoms with Gasteiger partial charge in [-0.25, -0.2) is 0 Å². The summed E-state index contributed by atoms with van der Waals surface area (Å²) in [5.41, 5.74) is 1.93. The zero-order chi connectivity index (χ0) is 22.7. The molecule has 3 nitrogen and oxygen atoms in total. The number of amides is 1. The number of carbonyl (C=O) groups excluding carboxylic acids is 1. The second-order valence-electron chi connectivity index (χ2n) is 7.82. The summed E-state index contributed by atoms with van der Waals surface area (Å²) >= 11 is 0. The maximum atomic E-state index is 13.8. The summed E-state index contributed by atoms with van der Waals surface area (Å²) < 4.78 is 43.4. The van der Waals surface area contributed by atoms with E-state index in [1.54, 1.807) is 6.07 Å². The van der Waals surface area contributed by atoms with Crippen molar-refractivity contribution in [3.05, 3.63) is 107 Å². The van der Waals surface area contributed by atoms with Gasteiger partial charge in [0, 0.05) is 43.0 Å². The molecule has 1 unspecified atom stereocenters. The Bertz CT molecular complexity index is 1230. The zero-order valence-corrected chi connectivity index (χ0v) is 17.6. The minimum absolute atomic E-state index is 0.0894. The Morgan fingerprint density at radius 2 is 1.56 bits per heavy atom. The zero-order valence-electron chi connectivity index (χ0n) is 17.6. The van der Waals surface area contributed by atoms with Crippen molar-refractivity contribution < 1.29 is 18.0 Å². The van der Waals surface area contributed by atoms with E-state index in [9.17, 15) is 18.0 Å². The summed E-state index contributed by atoms with van der Waals surface area (Å²) in [4.78, 5) is 12.9. The number of alkyl halides is 3. The fourth-order valence-corrected chi connectivity index (χ4v) is 4.15. The molecule has 32 heavy (non-hydrogen) atoms. The molecule has 3 aromatic carbocycles. The third-order valence-electron chi connectivity index (χ3n) is 5.67. The van der Waals surface area contributed by atoms with Crippen LogP contribution in [-0.4, -0.2) is 10.5 Å². The minimum Gasteiger partial charge on any atom is -0.352 e. The summed E-state index contributed by atoms with van der Waals surface area (Å²) in [6.45, 7) is 0.322. The molecule has 0 spiro atoms. The number of para-hydroxylation sites is 1. The number of benzene rings is 3. The van der Waals surface area contributed by atoms with Crippen molar-refractivity contribution in [3.63, 3.8) is 0 Å². The van der Waals surface area contributed by atoms with Crippen molar-refractivity contribution >= 4 is 16.8 Å². The van der Waals surface area contributed by atoms with Crippen LogP contribution in [0.15, 0.2) is 85.1 Å². The monoisotopic (exact) mass is 436 g/mol. The number of fused-ring (bicyclic) bond motifs is 1. The van der Waals surface area contributed by atoms with Gasteiger partial charge in [0.15, 0.2) is 0 Å². The highest BCUT2D eigenvalue weighted by atomic mass is 19.4. The van der Waals surface area contributed by atoms with Gasteiger partial charge in [0.1, 0.15) is 0 Å². The predicted octanol–water partition coefficient (Wildman–Crippen LogP) is 6.04. The van der Waals surface area contributed by atoms with Gasteiger partial charge in [0.25, 0.3) is 0 Å². The summed E-state index contributed by atoms with van der Waals surface area (Å²) in [5.74, 6) is -1.04. The number of hydrogen-bond acceptors (Lipinski definition) is 1. The normalized spacial score (nSPS) is 12.6. The Morgan fingerprint density at radius 3 is 2.31 bits per heavy atom. The lowest BCUT2D eigenvalue weighted by Gasteiger charge is -2.21. The number of halogens is 3. The van der Waals surface area contributed by atoms with Gasteiger partial charge in [-0.2, -0.15) is 13.2 Å². The van der Waals surface area contributed by atoms with E-state index in [2.05, 4.69) is 5.32 Å². The largest absolute Gasteiger partial charge is 0.416 e. The highest BCUT2D eigenvalue weighted by molar-refractivity contribution is 5.86. The van der Waals surface area contributed by atoms with Crippen LogP contribution in [0.2, 0.25) is 0 Å². The van der Waals surface area contributed by atoms with Gasteiger partial charge in [-0.15, -0.1) is 0 Å². The maximum Gasteiger partial charge on any atom is 0.416 e. The lowest BCUT2D eigenvalue weighted by molar-refractivity contribution is -0.138. The van der Waals surface area contributed by atoms with Crippen LogP contribution in [0, 0.1) is 0 Å². The molecule has 0 saturated heterocycles. The quantitative estimate of drug-likeness (QED) is 0.393. The third kappa shape index (κ3) is 4.54. The second-order valence-corrected chi connectivity index (χ2v) is 7.82. The summed E-state index contributed by atoms with van der Waals surface area (Å²) in [5, 5.41) is 3.70. The van der Waals surface area contributed by atoms with Gasteiger partial charge >= 0.3 is 6.18 Å². The summed E-state index contributed by atoms with van der Waals surface area (Å²) in [6.07, 6.45) is -2.78. The Kier molecular flexibility index (Phi) is 6.04. The molecule has 1 amide bonds. The molecule has 0 aliphatic heterocycles. The van der Waals surface area contributed by atoms with E-state index in [4.69, 9.17) is 0 Å². The average Bonchev–Trinajstić information content (AvgIpc) is 3.13. The molecule has 4 aromatic rings. The van der Waals surface area contributed by atoms with Crippen LogP contribution in [0.1, 0.15) is 34.6 Å². The molecular weight excluding hydrogens is 413 g/mol. The molecule has 1 aromatic heterocycles. The van der Waals surface area contributed by atoms with E-state index in [-0.39, 0.29) is 17.9 Å². The molecule has 1 atom stereocenters. The van der Waals surface area contributed by atoms with Crippen LogP contribution in [0.3, 0.4) is 0 Å². The van der Waals surface area contributed by atoms with Crippen LogP contribution < -0.4 is 5.32 Å². The minimum atomic E-state index is -4.51. The second kappa shape index (κ2) is 8.91. The Hall–Kier alpha value is -3.54. The van der Waals surface area contributed by atoms with E-state index >= 15 is 0 Å². The molecule has 0 bridgehead atoms. The standard InChI is InChI=1S/C26H23F3N2O/c1-31-17-22(20-12-6-8-14-24(20)31)21(19-11-5-7-13-23(19)26(27,28)29)15-25(32)30-16-18-9-3-2-4-10-18/h2-14,17,21H,15-16H2,1H3,(H,30,32). The molecule has 4 rings (SSSR count). The highest BCUT2D eigenvalue weighted by Gasteiger charge is 2.36. The van der Waals surface area contributed by atoms with Gasteiger partial charge in [-0.1, -0.05) is 66.7 Å². The van der Waals surface area contributed by atoms with Crippen LogP contribution in [0.4, 0.5) is 13.2 Å². The van der Waals surface area contributed by atoms with Gasteiger partial charge in [0.2, 0.25) is 5.91 Å². The molecule has 1 heterocycles. The Labute approximate surface area is 184 Å². The molecule has 0 radical (unpaired) electrons. The molecule has 6 heteroatoms. The van der Waals surface area contributed by atoms with Crippen molar-refractivity contribution in [2.75, 3.05) is 0 Å². The van der Waals surface area contributed by atoms with E-state index in [0.29, 0.717) is 12.1 Å². The van der Waals surface area contributed by atoms with Crippen LogP contribution in [-0.2, 0) is 24.6 Å². The van der Waals surface area contributed by atoms with Crippen molar-refractivity contribution in [1.82, 2.24) is 9.88 Å². The number of carbonyl (C=O) groups is 1. The van der Waals surface area contributed by atoms with Gasteiger partial charge in [-0.05, 0) is 28.8 Å². The van der Waals surface area contributed by atoms with Gasteiger partial charge in [0.05, 0.1) is 5.56 Å². The number of hydrogen-bond donors (Lipinski definition) is 1. The van der Waals surface area contributed by atoms with Crippen LogP contribution in [0.5, 0.6) is 0 Å². The Morgan fingerprint density at radius 1 is 0.906 bits per heavy atom. The van der Waals surface area contributed by atoms with E-state index in [1.807, 2.05) is 72.4 Å². The number of aromatic nitrogens is 1. The molecule has 164 valence electrons. The molecule has 1 N–H and O–H groups in total. The number of nitrogens with zero attached hydrogens (tertiary/aromatic N) is 1. The molecular formula is C26H23F3N2O. The fraction of sp³-hybridized carbons (Fsp3) is 0.192. The molecule has 0 saturated carbocycles. The third-order valence-corrected chi connectivity index (χ3v) is 5.67. The van der Waals surface area contributed by atoms with Crippen molar-refractivity contribution in [2.24, 2.45) is 7.05 Å². The topological polar surface area (TPSA) is 34.0 Å². The van der Waals surface area contributed by atoms with Crippen molar-refractivity contribution in [3.8, 4) is 0 Å². The smallest absolute Gasteiger partial charge is 0.352 e. The lowest BCUT2D eigenvalue weighted by Crippen LogP contribution is -2.25. The first-order chi connectivity index (χ1) is 15.3. The molecule has 0 aliphatic carbocycles. The van der Waals surface area contributed by atoms with E-state index < -0.39 is 17.7 Å². The van der Waals surface area contributed by atoms with Crippen LogP contribution >= 0.6 is 0 Å². The first-order valence-electron chi connectivity index (χ1n) is 10.4. The molecule has 0 aliphatic rings. The first-order valence-corrected chi connectivity index (χ1v) is 10.4. The van der Waals surface area contributed by atoms with Crippen molar-refractivity contribution in [2.45, 2.75) is 25.1 Å². The Balaban J connectivity index is 1.73. The summed E-state index contributed by atoms with van der Waals surface area (Å²) in [7, 11) is 1.86. The first kappa shape index (κ1) is 21.7. The lowest BCUT2D eigenvalue weighted by atomic mass is 9.85. The van der Waals surface area contributed by atoms with Gasteiger partial charge < -0.3 is 9.88 Å². The molecule has 0 fully saturated rings. The number of nitrogens with one attached hydrogen (secondary N) is 1. The predicted molar refractivity (Wildman–Crippen MR) is 119 cm³/mol.